The van der Waals surface area contributed by atoms with Crippen LogP contribution in [-0.2, 0) is 16.0 Å². The minimum Gasteiger partial charge on any atom is -0.508 e. The quantitative estimate of drug-likeness (QED) is 0.223. The van der Waals surface area contributed by atoms with Gasteiger partial charge < -0.3 is 20.4 Å². The molecule has 198 valence electrons. The lowest BCUT2D eigenvalue weighted by Crippen LogP contribution is -2.22. The summed E-state index contributed by atoms with van der Waals surface area (Å²) in [6.45, 7) is 3.78. The van der Waals surface area contributed by atoms with Crippen LogP contribution in [0.15, 0.2) is 36.4 Å². The second kappa shape index (κ2) is 12.0. The molecule has 2 aromatic carbocycles. The lowest BCUT2D eigenvalue weighted by Gasteiger charge is -2.28. The van der Waals surface area contributed by atoms with Gasteiger partial charge in [-0.05, 0) is 79.3 Å². The number of benzene rings is 2. The number of Topliss-reactive ketones (excluding diaryl/α,β-unsaturated/α-hetero) is 2. The van der Waals surface area contributed by atoms with Crippen LogP contribution in [0.1, 0.15) is 105 Å². The van der Waals surface area contributed by atoms with Gasteiger partial charge in [-0.2, -0.15) is 0 Å². The first-order valence-electron chi connectivity index (χ1n) is 13.7. The molecule has 2 aromatic rings. The van der Waals surface area contributed by atoms with Crippen molar-refractivity contribution in [3.8, 4) is 11.5 Å². The Morgan fingerprint density at radius 1 is 1.14 bits per heavy atom. The lowest BCUT2D eigenvalue weighted by atomic mass is 9.79. The van der Waals surface area contributed by atoms with Crippen molar-refractivity contribution < 1.29 is 24.5 Å². The Morgan fingerprint density at radius 2 is 1.86 bits per heavy atom. The van der Waals surface area contributed by atoms with Crippen LogP contribution in [0.4, 0.5) is 0 Å². The standard InChI is InChI=1S/C31H39NO5/c1-3-6-23(33)12-9-21-15-25-26(16-22(17-28(25)35)19-7-5-8-19)31(21)37-24-13-10-20(11-14-24)30(27(34)4-2)29(36)18-32/h10-11,13-14,16-19,21,23,30-33,35H,3-9,12,15H2,1-2H3/t21-,23+,30?,31+/m0/s1. The molecule has 4 atom stereocenters. The fraction of sp³-hybridized carbons (Fsp3) is 0.516. The van der Waals surface area contributed by atoms with Gasteiger partial charge in [0.2, 0.25) is 0 Å². The predicted octanol–water partition coefficient (Wildman–Crippen LogP) is 6.17. The monoisotopic (exact) mass is 505 g/mol. The Hall–Kier alpha value is -2.99. The van der Waals surface area contributed by atoms with Gasteiger partial charge in [-0.15, -0.1) is 0 Å². The largest absolute Gasteiger partial charge is 0.508 e. The number of aromatic hydroxyl groups is 1. The molecule has 37 heavy (non-hydrogen) atoms. The molecule has 0 bridgehead atoms. The molecule has 2 aliphatic carbocycles. The Balaban J connectivity index is 1.60. The summed E-state index contributed by atoms with van der Waals surface area (Å²) in [5.41, 5.74) is 3.69. The molecule has 0 amide bonds. The van der Waals surface area contributed by atoms with Crippen LogP contribution in [0, 0.1) is 11.3 Å². The van der Waals surface area contributed by atoms with E-state index in [2.05, 4.69) is 13.0 Å². The zero-order valence-electron chi connectivity index (χ0n) is 21.9. The van der Waals surface area contributed by atoms with Crippen LogP contribution < -0.4 is 4.74 Å². The maximum absolute atomic E-state index is 12.4. The summed E-state index contributed by atoms with van der Waals surface area (Å²) in [6.07, 6.45) is 7.73. The van der Waals surface area contributed by atoms with Gasteiger partial charge in [0.05, 0.1) is 12.3 Å². The molecule has 1 saturated carbocycles. The number of fused-ring (bicyclic) bond motifs is 1. The number of phenolic OH excluding ortho intramolecular Hbond substituents is 1. The van der Waals surface area contributed by atoms with E-state index in [1.807, 2.05) is 6.07 Å². The van der Waals surface area contributed by atoms with E-state index in [0.29, 0.717) is 42.0 Å². The number of nitrogens with one attached hydrogen (secondary N) is 1. The molecule has 2 aliphatic rings. The van der Waals surface area contributed by atoms with E-state index in [1.54, 1.807) is 31.2 Å². The highest BCUT2D eigenvalue weighted by Gasteiger charge is 2.37. The molecular weight excluding hydrogens is 466 g/mol. The second-order valence-corrected chi connectivity index (χ2v) is 10.6. The summed E-state index contributed by atoms with van der Waals surface area (Å²) in [5, 5.41) is 28.6. The molecule has 6 nitrogen and oxygen atoms in total. The summed E-state index contributed by atoms with van der Waals surface area (Å²) >= 11 is 0. The average Bonchev–Trinajstić information content (AvgIpc) is 3.20. The lowest BCUT2D eigenvalue weighted by molar-refractivity contribution is -0.125. The van der Waals surface area contributed by atoms with Crippen molar-refractivity contribution in [2.24, 2.45) is 5.92 Å². The molecule has 1 unspecified atom stereocenters. The molecule has 4 rings (SSSR count). The molecule has 0 aliphatic heterocycles. The van der Waals surface area contributed by atoms with Gasteiger partial charge in [0.25, 0.3) is 0 Å². The van der Waals surface area contributed by atoms with Crippen LogP contribution in [0.3, 0.4) is 0 Å². The first-order chi connectivity index (χ1) is 17.9. The zero-order valence-corrected chi connectivity index (χ0v) is 21.9. The number of rotatable bonds is 13. The van der Waals surface area contributed by atoms with Crippen molar-refractivity contribution in [2.75, 3.05) is 0 Å². The number of ether oxygens (including phenoxy) is 1. The molecule has 0 spiro atoms. The minimum absolute atomic E-state index is 0.123. The summed E-state index contributed by atoms with van der Waals surface area (Å²) < 4.78 is 6.55. The van der Waals surface area contributed by atoms with E-state index in [1.165, 1.54) is 12.0 Å². The molecule has 0 aromatic heterocycles. The SMILES string of the molecule is CCC[C@@H](O)CC[C@H]1Cc2c(O)cc(C3CCC3)cc2[C@@H]1Oc1ccc(C(C(=O)C=N)C(=O)CC)cc1. The van der Waals surface area contributed by atoms with Crippen molar-refractivity contribution in [1.82, 2.24) is 0 Å². The van der Waals surface area contributed by atoms with E-state index in [-0.39, 0.29) is 30.3 Å². The third kappa shape index (κ3) is 5.96. The maximum atomic E-state index is 12.4. The maximum Gasteiger partial charge on any atom is 0.187 e. The second-order valence-electron chi connectivity index (χ2n) is 10.6. The van der Waals surface area contributed by atoms with Gasteiger partial charge in [-0.3, -0.25) is 9.59 Å². The number of carbonyl (C=O) groups is 2. The Kier molecular flexibility index (Phi) is 8.80. The van der Waals surface area contributed by atoms with Crippen LogP contribution in [-0.4, -0.2) is 34.1 Å². The van der Waals surface area contributed by atoms with Crippen LogP contribution in [0.25, 0.3) is 0 Å². The highest BCUT2D eigenvalue weighted by molar-refractivity contribution is 6.34. The number of ketones is 2. The predicted molar refractivity (Wildman–Crippen MR) is 144 cm³/mol. The number of carbonyl (C=O) groups excluding carboxylic acids is 2. The van der Waals surface area contributed by atoms with Gasteiger partial charge >= 0.3 is 0 Å². The molecule has 1 fully saturated rings. The highest BCUT2D eigenvalue weighted by atomic mass is 16.5. The van der Waals surface area contributed by atoms with E-state index in [9.17, 15) is 19.8 Å². The number of hydrogen-bond acceptors (Lipinski definition) is 6. The number of phenols is 1. The molecule has 0 heterocycles. The van der Waals surface area contributed by atoms with Gasteiger partial charge in [-0.1, -0.05) is 44.9 Å². The summed E-state index contributed by atoms with van der Waals surface area (Å²) in [6, 6.07) is 11.1. The van der Waals surface area contributed by atoms with Gasteiger partial charge in [0, 0.05) is 17.9 Å². The Bertz CT molecular complexity index is 1120. The highest BCUT2D eigenvalue weighted by Crippen LogP contribution is 2.48. The number of aliphatic hydroxyl groups excluding tert-OH is 1. The van der Waals surface area contributed by atoms with Gasteiger partial charge in [0.1, 0.15) is 29.3 Å². The number of aliphatic hydroxyl groups is 1. The van der Waals surface area contributed by atoms with Crippen molar-refractivity contribution >= 4 is 17.8 Å². The molecule has 3 N–H and O–H groups in total. The summed E-state index contributed by atoms with van der Waals surface area (Å²) in [7, 11) is 0. The Morgan fingerprint density at radius 3 is 2.46 bits per heavy atom. The molecule has 6 heteroatoms. The summed E-state index contributed by atoms with van der Waals surface area (Å²) in [4.78, 5) is 24.6. The molecular formula is C31H39NO5. The van der Waals surface area contributed by atoms with Gasteiger partial charge in [-0.25, -0.2) is 0 Å². The van der Waals surface area contributed by atoms with E-state index >= 15 is 0 Å². The van der Waals surface area contributed by atoms with E-state index < -0.39 is 11.7 Å². The smallest absolute Gasteiger partial charge is 0.187 e. The van der Waals surface area contributed by atoms with Crippen molar-refractivity contribution in [3.63, 3.8) is 0 Å². The normalized spacial score (nSPS) is 20.5. The van der Waals surface area contributed by atoms with Crippen molar-refractivity contribution in [3.05, 3.63) is 58.7 Å². The van der Waals surface area contributed by atoms with Gasteiger partial charge in [0.15, 0.2) is 5.78 Å². The fourth-order valence-corrected chi connectivity index (χ4v) is 5.76. The average molecular weight is 506 g/mol. The topological polar surface area (TPSA) is 108 Å². The van der Waals surface area contributed by atoms with E-state index in [4.69, 9.17) is 10.1 Å². The molecule has 0 saturated heterocycles. The van der Waals surface area contributed by atoms with Crippen molar-refractivity contribution in [1.29, 1.82) is 5.41 Å². The third-order valence-corrected chi connectivity index (χ3v) is 8.13. The first-order valence-corrected chi connectivity index (χ1v) is 13.7. The first kappa shape index (κ1) is 27.1. The van der Waals surface area contributed by atoms with E-state index in [0.717, 1.165) is 43.2 Å². The van der Waals surface area contributed by atoms with Crippen LogP contribution in [0.2, 0.25) is 0 Å². The summed E-state index contributed by atoms with van der Waals surface area (Å²) in [5.74, 6) is -0.117. The third-order valence-electron chi connectivity index (χ3n) is 8.13. The zero-order chi connectivity index (χ0) is 26.5. The Labute approximate surface area is 219 Å². The fourth-order valence-electron chi connectivity index (χ4n) is 5.76. The minimum atomic E-state index is -0.960. The molecule has 0 radical (unpaired) electrons. The van der Waals surface area contributed by atoms with Crippen LogP contribution in [0.5, 0.6) is 11.5 Å². The number of hydrogen-bond donors (Lipinski definition) is 3. The van der Waals surface area contributed by atoms with Crippen LogP contribution >= 0.6 is 0 Å². The van der Waals surface area contributed by atoms with Crippen molar-refractivity contribution in [2.45, 2.75) is 95.7 Å².